The number of nitrogens with zero attached hydrogens (tertiary/aromatic N) is 3. The Labute approximate surface area is 149 Å². The second-order valence-electron chi connectivity index (χ2n) is 7.28. The Morgan fingerprint density at radius 1 is 1.21 bits per heavy atom. The Bertz CT molecular complexity index is 690. The molecule has 4 nitrogen and oxygen atoms in total. The second kappa shape index (κ2) is 6.98. The molecule has 1 N–H and O–H groups in total. The van der Waals surface area contributed by atoms with Crippen LogP contribution in [0.1, 0.15) is 12.0 Å². The van der Waals surface area contributed by atoms with Crippen LogP contribution < -0.4 is 4.90 Å². The number of likely N-dealkylation sites (N-methyl/N-ethyl adjacent to an activating group) is 1. The van der Waals surface area contributed by atoms with Crippen LogP contribution >= 0.6 is 11.8 Å². The lowest BCUT2D eigenvalue weighted by Gasteiger charge is -2.28. The summed E-state index contributed by atoms with van der Waals surface area (Å²) >= 11 is 2.06. The highest BCUT2D eigenvalue weighted by Gasteiger charge is 2.24. The Kier molecular flexibility index (Phi) is 4.74. The molecule has 0 bridgehead atoms. The first kappa shape index (κ1) is 16.3. The average Bonchev–Trinajstić information content (AvgIpc) is 3.23. The topological polar surface area (TPSA) is 25.5 Å². The number of aromatic amines is 1. The highest BCUT2D eigenvalue weighted by Crippen LogP contribution is 2.27. The number of thioether (sulfide) groups is 1. The third-order valence-corrected chi connectivity index (χ3v) is 6.44. The van der Waals surface area contributed by atoms with Crippen LogP contribution in [-0.2, 0) is 6.54 Å². The number of aromatic nitrogens is 1. The van der Waals surface area contributed by atoms with Crippen molar-refractivity contribution in [1.82, 2.24) is 14.8 Å². The number of fused-ring (bicyclic) bond motifs is 1. The number of rotatable bonds is 4. The van der Waals surface area contributed by atoms with Gasteiger partial charge in [-0.05, 0) is 38.2 Å². The molecular formula is C19H28N4S. The zero-order valence-corrected chi connectivity index (χ0v) is 15.6. The minimum Gasteiger partial charge on any atom is -0.370 e. The van der Waals surface area contributed by atoms with Crippen molar-refractivity contribution in [3.8, 4) is 0 Å². The van der Waals surface area contributed by atoms with Gasteiger partial charge in [0.1, 0.15) is 0 Å². The van der Waals surface area contributed by atoms with E-state index in [0.717, 1.165) is 6.54 Å². The summed E-state index contributed by atoms with van der Waals surface area (Å²) in [4.78, 5) is 11.0. The zero-order chi connectivity index (χ0) is 16.5. The van der Waals surface area contributed by atoms with Crippen LogP contribution in [0.15, 0.2) is 24.4 Å². The summed E-state index contributed by atoms with van der Waals surface area (Å²) in [5, 5.41) is 1.39. The summed E-state index contributed by atoms with van der Waals surface area (Å²) in [5.74, 6) is 2.49. The largest absolute Gasteiger partial charge is 0.370 e. The lowest BCUT2D eigenvalue weighted by molar-refractivity contribution is 0.265. The van der Waals surface area contributed by atoms with Crippen LogP contribution in [0, 0.1) is 0 Å². The molecule has 130 valence electrons. The number of likely N-dealkylation sites (tertiary alicyclic amines) is 1. The molecular weight excluding hydrogens is 316 g/mol. The van der Waals surface area contributed by atoms with Crippen LogP contribution in [0.4, 0.5) is 5.69 Å². The van der Waals surface area contributed by atoms with E-state index in [-0.39, 0.29) is 0 Å². The van der Waals surface area contributed by atoms with Crippen LogP contribution in [0.3, 0.4) is 0 Å². The number of nitrogens with one attached hydrogen (secondary N) is 1. The maximum atomic E-state index is 3.51. The van der Waals surface area contributed by atoms with Gasteiger partial charge >= 0.3 is 0 Å². The first-order valence-corrected chi connectivity index (χ1v) is 10.2. The molecule has 1 aromatic heterocycles. The smallest absolute Gasteiger partial charge is 0.0478 e. The van der Waals surface area contributed by atoms with E-state index in [1.807, 2.05) is 0 Å². The summed E-state index contributed by atoms with van der Waals surface area (Å²) in [7, 11) is 4.39. The summed E-state index contributed by atoms with van der Waals surface area (Å²) in [6, 6.07) is 7.67. The van der Waals surface area contributed by atoms with E-state index in [2.05, 4.69) is 69.9 Å². The maximum Gasteiger partial charge on any atom is 0.0478 e. The van der Waals surface area contributed by atoms with Gasteiger partial charge in [0.2, 0.25) is 0 Å². The fourth-order valence-corrected chi connectivity index (χ4v) is 4.84. The van der Waals surface area contributed by atoms with Crippen molar-refractivity contribution in [1.29, 1.82) is 0 Å². The SMILES string of the molecule is CN(C)C1CCN(Cc2c[nH]c3cc(N4CCSCC4)ccc23)C1. The van der Waals surface area contributed by atoms with Gasteiger partial charge in [-0.1, -0.05) is 6.07 Å². The van der Waals surface area contributed by atoms with Crippen molar-refractivity contribution in [3.63, 3.8) is 0 Å². The molecule has 4 rings (SSSR count). The average molecular weight is 345 g/mol. The van der Waals surface area contributed by atoms with E-state index in [1.165, 1.54) is 66.3 Å². The molecule has 0 aliphatic carbocycles. The summed E-state index contributed by atoms with van der Waals surface area (Å²) in [6.07, 6.45) is 3.50. The molecule has 1 unspecified atom stereocenters. The number of hydrogen-bond donors (Lipinski definition) is 1. The first-order valence-electron chi connectivity index (χ1n) is 9.02. The molecule has 2 fully saturated rings. The first-order chi connectivity index (χ1) is 11.7. The van der Waals surface area contributed by atoms with Crippen molar-refractivity contribution >= 4 is 28.4 Å². The molecule has 1 aromatic carbocycles. The lowest BCUT2D eigenvalue weighted by Crippen LogP contribution is -2.32. The molecule has 2 saturated heterocycles. The normalized spacial score (nSPS) is 22.8. The molecule has 2 aliphatic heterocycles. The Hall–Kier alpha value is -1.17. The third-order valence-electron chi connectivity index (χ3n) is 5.50. The van der Waals surface area contributed by atoms with Crippen LogP contribution in [-0.4, -0.2) is 72.6 Å². The predicted octanol–water partition coefficient (Wildman–Crippen LogP) is 2.86. The summed E-state index contributed by atoms with van der Waals surface area (Å²) in [6.45, 7) is 5.79. The van der Waals surface area contributed by atoms with E-state index in [4.69, 9.17) is 0 Å². The van der Waals surface area contributed by atoms with Gasteiger partial charge in [-0.25, -0.2) is 0 Å². The number of hydrogen-bond acceptors (Lipinski definition) is 4. The predicted molar refractivity (Wildman–Crippen MR) is 105 cm³/mol. The minimum atomic E-state index is 0.707. The van der Waals surface area contributed by atoms with Crippen molar-refractivity contribution < 1.29 is 0 Å². The molecule has 1 atom stereocenters. The van der Waals surface area contributed by atoms with Gasteiger partial charge in [0.15, 0.2) is 0 Å². The van der Waals surface area contributed by atoms with Gasteiger partial charge in [0, 0.05) is 73.1 Å². The highest BCUT2D eigenvalue weighted by atomic mass is 32.2. The molecule has 0 radical (unpaired) electrons. The second-order valence-corrected chi connectivity index (χ2v) is 8.51. The van der Waals surface area contributed by atoms with Crippen molar-refractivity contribution in [3.05, 3.63) is 30.0 Å². The van der Waals surface area contributed by atoms with E-state index < -0.39 is 0 Å². The fourth-order valence-electron chi connectivity index (χ4n) is 3.94. The van der Waals surface area contributed by atoms with Gasteiger partial charge in [-0.15, -0.1) is 0 Å². The van der Waals surface area contributed by atoms with Gasteiger partial charge in [-0.2, -0.15) is 11.8 Å². The lowest BCUT2D eigenvalue weighted by atomic mass is 10.1. The van der Waals surface area contributed by atoms with Crippen LogP contribution in [0.25, 0.3) is 10.9 Å². The van der Waals surface area contributed by atoms with Gasteiger partial charge in [0.25, 0.3) is 0 Å². The van der Waals surface area contributed by atoms with Crippen molar-refractivity contribution in [2.24, 2.45) is 0 Å². The zero-order valence-electron chi connectivity index (χ0n) is 14.8. The fraction of sp³-hybridized carbons (Fsp3) is 0.579. The molecule has 0 spiro atoms. The Balaban J connectivity index is 1.49. The summed E-state index contributed by atoms with van der Waals surface area (Å²) < 4.78 is 0. The number of benzene rings is 1. The number of anilines is 1. The molecule has 3 heterocycles. The minimum absolute atomic E-state index is 0.707. The Morgan fingerprint density at radius 3 is 2.79 bits per heavy atom. The molecule has 0 amide bonds. The maximum absolute atomic E-state index is 3.51. The van der Waals surface area contributed by atoms with E-state index in [9.17, 15) is 0 Å². The van der Waals surface area contributed by atoms with Gasteiger partial charge in [0.05, 0.1) is 0 Å². The Morgan fingerprint density at radius 2 is 2.04 bits per heavy atom. The van der Waals surface area contributed by atoms with Crippen LogP contribution in [0.5, 0.6) is 0 Å². The van der Waals surface area contributed by atoms with E-state index in [0.29, 0.717) is 6.04 Å². The monoisotopic (exact) mass is 344 g/mol. The van der Waals surface area contributed by atoms with E-state index in [1.54, 1.807) is 0 Å². The molecule has 0 saturated carbocycles. The third kappa shape index (κ3) is 3.30. The van der Waals surface area contributed by atoms with Crippen LogP contribution in [0.2, 0.25) is 0 Å². The number of H-pyrrole nitrogens is 1. The highest BCUT2D eigenvalue weighted by molar-refractivity contribution is 7.99. The molecule has 5 heteroatoms. The quantitative estimate of drug-likeness (QED) is 0.922. The van der Waals surface area contributed by atoms with Crippen molar-refractivity contribution in [2.75, 3.05) is 56.7 Å². The molecule has 24 heavy (non-hydrogen) atoms. The van der Waals surface area contributed by atoms with Gasteiger partial charge in [-0.3, -0.25) is 4.90 Å². The van der Waals surface area contributed by atoms with Crippen molar-refractivity contribution in [2.45, 2.75) is 19.0 Å². The standard InChI is InChI=1S/C19H28N4S/c1-21(2)17-5-6-22(14-17)13-15-12-20-19-11-16(3-4-18(15)19)23-7-9-24-10-8-23/h3-4,11-12,17,20H,5-10,13-14H2,1-2H3. The summed E-state index contributed by atoms with van der Waals surface area (Å²) in [5.41, 5.74) is 4.08. The van der Waals surface area contributed by atoms with Gasteiger partial charge < -0.3 is 14.8 Å². The molecule has 2 aliphatic rings. The molecule has 2 aromatic rings. The van der Waals surface area contributed by atoms with E-state index >= 15 is 0 Å².